The molecule has 11 heavy (non-hydrogen) atoms. The van der Waals surface area contributed by atoms with Crippen molar-refractivity contribution in [3.05, 3.63) is 0 Å². The van der Waals surface area contributed by atoms with Gasteiger partial charge in [-0.2, -0.15) is 0 Å². The van der Waals surface area contributed by atoms with Crippen molar-refractivity contribution >= 4 is 0 Å². The Morgan fingerprint density at radius 2 is 1.64 bits per heavy atom. The summed E-state index contributed by atoms with van der Waals surface area (Å²) in [6, 6.07) is 0. The molecule has 0 spiro atoms. The summed E-state index contributed by atoms with van der Waals surface area (Å²) in [5.74, 6) is 1.70. The van der Waals surface area contributed by atoms with Crippen LogP contribution >= 0.6 is 0 Å². The molecule has 0 radical (unpaired) electrons. The highest BCUT2D eigenvalue weighted by molar-refractivity contribution is 4.63. The van der Waals surface area contributed by atoms with Crippen molar-refractivity contribution in [1.82, 2.24) is 4.90 Å². The standard InChI is InChI=1S/C10H23N/c1-6-9(3)10(4)8-11(5)7-2/h9-10H,6-8H2,1-5H3. The minimum Gasteiger partial charge on any atom is -0.306 e. The summed E-state index contributed by atoms with van der Waals surface area (Å²) >= 11 is 0. The van der Waals surface area contributed by atoms with Crippen molar-refractivity contribution in [3.8, 4) is 0 Å². The van der Waals surface area contributed by atoms with Gasteiger partial charge >= 0.3 is 0 Å². The molecule has 2 atom stereocenters. The number of hydrogen-bond acceptors (Lipinski definition) is 1. The van der Waals surface area contributed by atoms with Crippen molar-refractivity contribution in [2.75, 3.05) is 20.1 Å². The van der Waals surface area contributed by atoms with Gasteiger partial charge in [-0.1, -0.05) is 34.1 Å². The van der Waals surface area contributed by atoms with Gasteiger partial charge in [0.15, 0.2) is 0 Å². The highest BCUT2D eigenvalue weighted by Crippen LogP contribution is 2.14. The van der Waals surface area contributed by atoms with Crippen molar-refractivity contribution in [2.45, 2.75) is 34.1 Å². The molecular weight excluding hydrogens is 134 g/mol. The van der Waals surface area contributed by atoms with E-state index < -0.39 is 0 Å². The summed E-state index contributed by atoms with van der Waals surface area (Å²) < 4.78 is 0. The van der Waals surface area contributed by atoms with E-state index in [1.807, 2.05) is 0 Å². The lowest BCUT2D eigenvalue weighted by atomic mass is 9.93. The van der Waals surface area contributed by atoms with E-state index in [1.54, 1.807) is 0 Å². The molecule has 1 nitrogen and oxygen atoms in total. The molecule has 1 heteroatoms. The molecule has 0 rings (SSSR count). The first kappa shape index (κ1) is 11.0. The molecule has 0 fully saturated rings. The van der Waals surface area contributed by atoms with E-state index in [4.69, 9.17) is 0 Å². The van der Waals surface area contributed by atoms with Gasteiger partial charge in [0, 0.05) is 6.54 Å². The number of hydrogen-bond donors (Lipinski definition) is 0. The van der Waals surface area contributed by atoms with E-state index in [1.165, 1.54) is 19.5 Å². The second-order valence-corrected chi connectivity index (χ2v) is 3.72. The van der Waals surface area contributed by atoms with Gasteiger partial charge in [-0.05, 0) is 25.4 Å². The summed E-state index contributed by atoms with van der Waals surface area (Å²) in [5.41, 5.74) is 0. The van der Waals surface area contributed by atoms with Gasteiger partial charge in [0.1, 0.15) is 0 Å². The zero-order chi connectivity index (χ0) is 8.85. The molecule has 0 aromatic carbocycles. The SMILES string of the molecule is CCC(C)C(C)CN(C)CC. The Labute approximate surface area is 71.8 Å². The number of nitrogens with zero attached hydrogens (tertiary/aromatic N) is 1. The Kier molecular flexibility index (Phi) is 5.57. The van der Waals surface area contributed by atoms with Crippen LogP contribution in [0.2, 0.25) is 0 Å². The molecule has 68 valence electrons. The highest BCUT2D eigenvalue weighted by Gasteiger charge is 2.11. The second-order valence-electron chi connectivity index (χ2n) is 3.72. The van der Waals surface area contributed by atoms with Crippen LogP contribution in [0.3, 0.4) is 0 Å². The van der Waals surface area contributed by atoms with Crippen LogP contribution < -0.4 is 0 Å². The fourth-order valence-electron chi connectivity index (χ4n) is 1.20. The van der Waals surface area contributed by atoms with Crippen LogP contribution in [0.1, 0.15) is 34.1 Å². The van der Waals surface area contributed by atoms with E-state index in [9.17, 15) is 0 Å². The topological polar surface area (TPSA) is 3.24 Å². The molecule has 0 aliphatic rings. The predicted octanol–water partition coefficient (Wildman–Crippen LogP) is 2.62. The summed E-state index contributed by atoms with van der Waals surface area (Å²) in [4.78, 5) is 2.39. The minimum atomic E-state index is 0.838. The van der Waals surface area contributed by atoms with E-state index >= 15 is 0 Å². The molecule has 0 amide bonds. The third-order valence-electron chi connectivity index (χ3n) is 2.75. The van der Waals surface area contributed by atoms with Gasteiger partial charge in [0.05, 0.1) is 0 Å². The molecule has 0 aromatic rings. The quantitative estimate of drug-likeness (QED) is 0.593. The lowest BCUT2D eigenvalue weighted by molar-refractivity contribution is 0.246. The molecule has 0 aliphatic carbocycles. The Bertz CT molecular complexity index is 90.9. The zero-order valence-electron chi connectivity index (χ0n) is 8.72. The number of rotatable bonds is 5. The molecule has 0 aliphatic heterocycles. The van der Waals surface area contributed by atoms with Crippen LogP contribution in [0.25, 0.3) is 0 Å². The van der Waals surface area contributed by atoms with Crippen LogP contribution in [-0.2, 0) is 0 Å². The van der Waals surface area contributed by atoms with Gasteiger partial charge in [0.25, 0.3) is 0 Å². The molecule has 0 saturated carbocycles. The molecule has 0 aromatic heterocycles. The van der Waals surface area contributed by atoms with E-state index in [2.05, 4.69) is 39.6 Å². The Morgan fingerprint density at radius 1 is 1.09 bits per heavy atom. The summed E-state index contributed by atoms with van der Waals surface area (Å²) in [6.07, 6.45) is 1.30. The van der Waals surface area contributed by atoms with Gasteiger partial charge in [-0.15, -0.1) is 0 Å². The fraction of sp³-hybridized carbons (Fsp3) is 1.00. The van der Waals surface area contributed by atoms with Crippen LogP contribution in [0.4, 0.5) is 0 Å². The maximum Gasteiger partial charge on any atom is 0.000639 e. The first-order valence-electron chi connectivity index (χ1n) is 4.80. The van der Waals surface area contributed by atoms with Crippen LogP contribution in [0.5, 0.6) is 0 Å². The Hall–Kier alpha value is -0.0400. The molecule has 0 N–H and O–H groups in total. The van der Waals surface area contributed by atoms with Gasteiger partial charge in [0.2, 0.25) is 0 Å². The second kappa shape index (κ2) is 5.59. The smallest absolute Gasteiger partial charge is 0.000639 e. The Balaban J connectivity index is 3.58. The van der Waals surface area contributed by atoms with Crippen LogP contribution in [-0.4, -0.2) is 25.0 Å². The highest BCUT2D eigenvalue weighted by atomic mass is 15.1. The van der Waals surface area contributed by atoms with E-state index in [-0.39, 0.29) is 0 Å². The normalized spacial score (nSPS) is 16.9. The summed E-state index contributed by atoms with van der Waals surface area (Å²) in [5, 5.41) is 0. The third-order valence-corrected chi connectivity index (χ3v) is 2.75. The minimum absolute atomic E-state index is 0.838. The maximum atomic E-state index is 2.39. The van der Waals surface area contributed by atoms with Crippen molar-refractivity contribution < 1.29 is 0 Å². The molecule has 0 saturated heterocycles. The van der Waals surface area contributed by atoms with Crippen molar-refractivity contribution in [3.63, 3.8) is 0 Å². The molecule has 0 heterocycles. The maximum absolute atomic E-state index is 2.39. The molecular formula is C10H23N. The van der Waals surface area contributed by atoms with E-state index in [0.717, 1.165) is 11.8 Å². The monoisotopic (exact) mass is 157 g/mol. The third kappa shape index (κ3) is 4.41. The van der Waals surface area contributed by atoms with E-state index in [0.29, 0.717) is 0 Å². The zero-order valence-corrected chi connectivity index (χ0v) is 8.72. The first-order valence-corrected chi connectivity index (χ1v) is 4.80. The lowest BCUT2D eigenvalue weighted by Gasteiger charge is -2.23. The van der Waals surface area contributed by atoms with Gasteiger partial charge in [-0.25, -0.2) is 0 Å². The Morgan fingerprint density at radius 3 is 2.00 bits per heavy atom. The summed E-state index contributed by atoms with van der Waals surface area (Å²) in [7, 11) is 2.19. The predicted molar refractivity (Wildman–Crippen MR) is 51.8 cm³/mol. The molecule has 0 bridgehead atoms. The van der Waals surface area contributed by atoms with Crippen LogP contribution in [0.15, 0.2) is 0 Å². The lowest BCUT2D eigenvalue weighted by Crippen LogP contribution is -2.27. The van der Waals surface area contributed by atoms with Crippen LogP contribution in [0, 0.1) is 11.8 Å². The van der Waals surface area contributed by atoms with Crippen molar-refractivity contribution in [1.29, 1.82) is 0 Å². The van der Waals surface area contributed by atoms with Crippen molar-refractivity contribution in [2.24, 2.45) is 11.8 Å². The average molecular weight is 157 g/mol. The molecule has 2 unspecified atom stereocenters. The summed E-state index contributed by atoms with van der Waals surface area (Å²) in [6.45, 7) is 11.6. The van der Waals surface area contributed by atoms with Gasteiger partial charge in [-0.3, -0.25) is 0 Å². The fourth-order valence-corrected chi connectivity index (χ4v) is 1.20. The first-order chi connectivity index (χ1) is 5.11. The average Bonchev–Trinajstić information content (AvgIpc) is 2.02. The largest absolute Gasteiger partial charge is 0.306 e. The van der Waals surface area contributed by atoms with Gasteiger partial charge < -0.3 is 4.90 Å².